The van der Waals surface area contributed by atoms with Gasteiger partial charge in [-0.1, -0.05) is 0 Å². The fourth-order valence-electron chi connectivity index (χ4n) is 2.62. The quantitative estimate of drug-likeness (QED) is 0.869. The molecule has 1 fully saturated rings. The number of likely N-dealkylation sites (tertiary alicyclic amines) is 1. The maximum absolute atomic E-state index is 12.0. The van der Waals surface area contributed by atoms with Crippen molar-refractivity contribution < 1.29 is 19.4 Å². The second-order valence-electron chi connectivity index (χ2n) is 6.72. The molecule has 1 aromatic rings. The van der Waals surface area contributed by atoms with E-state index in [1.165, 1.54) is 6.07 Å². The average molecular weight is 322 g/mol. The van der Waals surface area contributed by atoms with Gasteiger partial charge >= 0.3 is 12.1 Å². The molecular formula is C16H22N2O5. The molecule has 0 bridgehead atoms. The SMILES string of the molecule is CC(C)(C)OC(=O)N1CCC(c2c[nH]c(=O)c(C(=O)O)c2)CC1. The summed E-state index contributed by atoms with van der Waals surface area (Å²) >= 11 is 0. The Bertz CT molecular complexity index is 651. The number of amides is 1. The van der Waals surface area contributed by atoms with Crippen LogP contribution in [0, 0.1) is 0 Å². The number of pyridine rings is 1. The molecule has 2 N–H and O–H groups in total. The second kappa shape index (κ2) is 6.44. The number of aromatic carboxylic acids is 1. The van der Waals surface area contributed by atoms with Gasteiger partial charge in [0, 0.05) is 19.3 Å². The van der Waals surface area contributed by atoms with E-state index in [0.717, 1.165) is 5.56 Å². The number of carbonyl (C=O) groups excluding carboxylic acids is 1. The molecule has 1 amide bonds. The van der Waals surface area contributed by atoms with Gasteiger partial charge in [0.15, 0.2) is 0 Å². The van der Waals surface area contributed by atoms with Gasteiger partial charge < -0.3 is 19.7 Å². The molecular weight excluding hydrogens is 300 g/mol. The van der Waals surface area contributed by atoms with E-state index >= 15 is 0 Å². The van der Waals surface area contributed by atoms with E-state index < -0.39 is 17.1 Å². The summed E-state index contributed by atoms with van der Waals surface area (Å²) in [5.74, 6) is -1.12. The van der Waals surface area contributed by atoms with Crippen LogP contribution >= 0.6 is 0 Å². The van der Waals surface area contributed by atoms with Gasteiger partial charge in [0.1, 0.15) is 11.2 Å². The van der Waals surface area contributed by atoms with E-state index in [0.29, 0.717) is 25.9 Å². The lowest BCUT2D eigenvalue weighted by molar-refractivity contribution is 0.0204. The minimum atomic E-state index is -1.24. The standard InChI is InChI=1S/C16H22N2O5/c1-16(2,3)23-15(22)18-6-4-10(5-7-18)11-8-12(14(20)21)13(19)17-9-11/h8-10H,4-7H2,1-3H3,(H,17,19)(H,20,21). The first kappa shape index (κ1) is 17.1. The molecule has 0 atom stereocenters. The summed E-state index contributed by atoms with van der Waals surface area (Å²) < 4.78 is 5.35. The van der Waals surface area contributed by atoms with Gasteiger partial charge in [-0.25, -0.2) is 9.59 Å². The summed E-state index contributed by atoms with van der Waals surface area (Å²) in [4.78, 5) is 38.7. The molecule has 0 saturated carbocycles. The number of carbonyl (C=O) groups is 2. The van der Waals surface area contributed by atoms with Gasteiger partial charge in [-0.2, -0.15) is 0 Å². The van der Waals surface area contributed by atoms with Gasteiger partial charge in [0.2, 0.25) is 0 Å². The number of aromatic nitrogens is 1. The molecule has 7 nitrogen and oxygen atoms in total. The van der Waals surface area contributed by atoms with Crippen LogP contribution in [-0.2, 0) is 4.74 Å². The molecule has 0 aromatic carbocycles. The highest BCUT2D eigenvalue weighted by Crippen LogP contribution is 2.28. The molecule has 2 heterocycles. The maximum Gasteiger partial charge on any atom is 0.410 e. The van der Waals surface area contributed by atoms with Crippen LogP contribution < -0.4 is 5.56 Å². The Balaban J connectivity index is 2.02. The second-order valence-corrected chi connectivity index (χ2v) is 6.72. The third-order valence-electron chi connectivity index (χ3n) is 3.77. The largest absolute Gasteiger partial charge is 0.477 e. The molecule has 1 aliphatic heterocycles. The summed E-state index contributed by atoms with van der Waals surface area (Å²) in [6.07, 6.45) is 2.63. The van der Waals surface area contributed by atoms with Crippen LogP contribution in [0.1, 0.15) is 55.5 Å². The molecule has 1 aromatic heterocycles. The smallest absolute Gasteiger partial charge is 0.410 e. The lowest BCUT2D eigenvalue weighted by Crippen LogP contribution is -2.41. The fraction of sp³-hybridized carbons (Fsp3) is 0.562. The monoisotopic (exact) mass is 322 g/mol. The molecule has 0 spiro atoms. The van der Waals surface area contributed by atoms with E-state index in [4.69, 9.17) is 9.84 Å². The Morgan fingerprint density at radius 2 is 1.91 bits per heavy atom. The van der Waals surface area contributed by atoms with Crippen LogP contribution in [0.15, 0.2) is 17.1 Å². The Kier molecular flexibility index (Phi) is 4.77. The van der Waals surface area contributed by atoms with Crippen molar-refractivity contribution in [3.63, 3.8) is 0 Å². The first-order valence-electron chi connectivity index (χ1n) is 7.61. The number of rotatable bonds is 2. The minimum Gasteiger partial charge on any atom is -0.477 e. The number of H-pyrrole nitrogens is 1. The van der Waals surface area contributed by atoms with Crippen molar-refractivity contribution in [2.24, 2.45) is 0 Å². The van der Waals surface area contributed by atoms with Gasteiger partial charge in [-0.15, -0.1) is 0 Å². The predicted octanol–water partition coefficient (Wildman–Crippen LogP) is 2.19. The van der Waals surface area contributed by atoms with Crippen LogP contribution in [0.5, 0.6) is 0 Å². The Morgan fingerprint density at radius 1 is 1.30 bits per heavy atom. The van der Waals surface area contributed by atoms with E-state index in [-0.39, 0.29) is 17.6 Å². The molecule has 1 saturated heterocycles. The van der Waals surface area contributed by atoms with Crippen molar-refractivity contribution in [3.8, 4) is 0 Å². The highest BCUT2D eigenvalue weighted by molar-refractivity contribution is 5.87. The molecule has 0 unspecified atom stereocenters. The van der Waals surface area contributed by atoms with Gasteiger partial charge in [-0.05, 0) is 51.2 Å². The third-order valence-corrected chi connectivity index (χ3v) is 3.77. The molecule has 7 heteroatoms. The highest BCUT2D eigenvalue weighted by Gasteiger charge is 2.28. The zero-order chi connectivity index (χ0) is 17.2. The first-order valence-corrected chi connectivity index (χ1v) is 7.61. The number of ether oxygens (including phenoxy) is 1. The number of aromatic amines is 1. The number of piperidine rings is 1. The van der Waals surface area contributed by atoms with Crippen molar-refractivity contribution in [1.82, 2.24) is 9.88 Å². The van der Waals surface area contributed by atoms with Crippen LogP contribution in [0.25, 0.3) is 0 Å². The summed E-state index contributed by atoms with van der Waals surface area (Å²) in [6.45, 7) is 6.56. The van der Waals surface area contributed by atoms with Crippen LogP contribution in [0.4, 0.5) is 4.79 Å². The van der Waals surface area contributed by atoms with Crippen molar-refractivity contribution in [3.05, 3.63) is 33.7 Å². The molecule has 0 aliphatic carbocycles. The topological polar surface area (TPSA) is 99.7 Å². The number of nitrogens with zero attached hydrogens (tertiary/aromatic N) is 1. The molecule has 2 rings (SSSR count). The lowest BCUT2D eigenvalue weighted by atomic mass is 9.90. The van der Waals surface area contributed by atoms with Gasteiger partial charge in [-0.3, -0.25) is 4.79 Å². The zero-order valence-corrected chi connectivity index (χ0v) is 13.6. The lowest BCUT2D eigenvalue weighted by Gasteiger charge is -2.33. The maximum atomic E-state index is 12.0. The average Bonchev–Trinajstić information content (AvgIpc) is 2.46. The van der Waals surface area contributed by atoms with Crippen molar-refractivity contribution in [2.45, 2.75) is 45.1 Å². The molecule has 0 radical (unpaired) electrons. The molecule has 1 aliphatic rings. The first-order chi connectivity index (χ1) is 10.7. The van der Waals surface area contributed by atoms with Crippen molar-refractivity contribution in [1.29, 1.82) is 0 Å². The Morgan fingerprint density at radius 3 is 2.43 bits per heavy atom. The van der Waals surface area contributed by atoms with Gasteiger partial charge in [0.05, 0.1) is 0 Å². The van der Waals surface area contributed by atoms with Crippen LogP contribution in [0.2, 0.25) is 0 Å². The minimum absolute atomic E-state index is 0.114. The van der Waals surface area contributed by atoms with E-state index in [9.17, 15) is 14.4 Å². The number of hydrogen-bond acceptors (Lipinski definition) is 4. The number of nitrogens with one attached hydrogen (secondary N) is 1. The summed E-state index contributed by atoms with van der Waals surface area (Å²) in [5.41, 5.74) is -0.598. The fourth-order valence-corrected chi connectivity index (χ4v) is 2.62. The Hall–Kier alpha value is -2.31. The van der Waals surface area contributed by atoms with E-state index in [2.05, 4.69) is 4.98 Å². The third kappa shape index (κ3) is 4.34. The van der Waals surface area contributed by atoms with E-state index in [1.807, 2.05) is 20.8 Å². The summed E-state index contributed by atoms with van der Waals surface area (Å²) in [6, 6.07) is 1.43. The normalized spacial score (nSPS) is 16.2. The number of hydrogen-bond donors (Lipinski definition) is 2. The van der Waals surface area contributed by atoms with Crippen molar-refractivity contribution in [2.75, 3.05) is 13.1 Å². The summed E-state index contributed by atoms with van der Waals surface area (Å²) in [7, 11) is 0. The predicted molar refractivity (Wildman–Crippen MR) is 83.8 cm³/mol. The van der Waals surface area contributed by atoms with Gasteiger partial charge in [0.25, 0.3) is 5.56 Å². The number of carboxylic acids is 1. The molecule has 126 valence electrons. The molecule has 23 heavy (non-hydrogen) atoms. The highest BCUT2D eigenvalue weighted by atomic mass is 16.6. The van der Waals surface area contributed by atoms with Crippen molar-refractivity contribution >= 4 is 12.1 Å². The van der Waals surface area contributed by atoms with Crippen LogP contribution in [-0.4, -0.2) is 45.7 Å². The summed E-state index contributed by atoms with van der Waals surface area (Å²) in [5, 5.41) is 9.02. The van der Waals surface area contributed by atoms with E-state index in [1.54, 1.807) is 11.1 Å². The Labute approximate surface area is 134 Å². The van der Waals surface area contributed by atoms with Crippen LogP contribution in [0.3, 0.4) is 0 Å². The number of carboxylic acid groups (broad SMARTS) is 1. The zero-order valence-electron chi connectivity index (χ0n) is 13.6.